The molecule has 8 heteroatoms. The van der Waals surface area contributed by atoms with Crippen LogP contribution in [0.4, 0.5) is 5.69 Å². The maximum atomic E-state index is 11.8. The zero-order valence-corrected chi connectivity index (χ0v) is 11.7. The van der Waals surface area contributed by atoms with Crippen LogP contribution < -0.4 is 11.1 Å². The molecule has 0 saturated heterocycles. The molecule has 1 amide bonds. The lowest BCUT2D eigenvalue weighted by molar-refractivity contribution is 0.0586. The molecule has 1 aromatic heterocycles. The zero-order chi connectivity index (χ0) is 15.4. The summed E-state index contributed by atoms with van der Waals surface area (Å²) in [7, 11) is 1.24. The first-order chi connectivity index (χ1) is 10.1. The Balaban J connectivity index is 2.39. The number of aromatic nitrogens is 3. The molecule has 0 saturated carbocycles. The fourth-order valence-electron chi connectivity index (χ4n) is 1.71. The molecule has 3 N–H and O–H groups in total. The van der Waals surface area contributed by atoms with Crippen LogP contribution in [0.15, 0.2) is 24.5 Å². The van der Waals surface area contributed by atoms with Gasteiger partial charge in [0.1, 0.15) is 6.33 Å². The Kier molecular flexibility index (Phi) is 4.17. The van der Waals surface area contributed by atoms with E-state index in [-0.39, 0.29) is 11.7 Å². The van der Waals surface area contributed by atoms with Crippen LogP contribution >= 0.6 is 0 Å². The van der Waals surface area contributed by atoms with E-state index in [0.29, 0.717) is 23.5 Å². The molecule has 110 valence electrons. The summed E-state index contributed by atoms with van der Waals surface area (Å²) in [5.41, 5.74) is 7.18. The average molecular weight is 289 g/mol. The Morgan fingerprint density at radius 3 is 2.86 bits per heavy atom. The number of hydrogen-bond acceptors (Lipinski definition) is 6. The van der Waals surface area contributed by atoms with Gasteiger partial charge in [0.2, 0.25) is 0 Å². The minimum atomic E-state index is -0.646. The van der Waals surface area contributed by atoms with Crippen LogP contribution in [0.5, 0.6) is 0 Å². The van der Waals surface area contributed by atoms with Gasteiger partial charge in [-0.3, -0.25) is 4.79 Å². The molecule has 0 unspecified atom stereocenters. The van der Waals surface area contributed by atoms with Gasteiger partial charge in [-0.05, 0) is 25.1 Å². The van der Waals surface area contributed by atoms with Gasteiger partial charge in [-0.15, -0.1) is 5.10 Å². The summed E-state index contributed by atoms with van der Waals surface area (Å²) in [6.07, 6.45) is 1.33. The highest BCUT2D eigenvalue weighted by molar-refractivity contribution is 5.95. The van der Waals surface area contributed by atoms with E-state index < -0.39 is 5.97 Å². The quantitative estimate of drug-likeness (QED) is 0.622. The van der Waals surface area contributed by atoms with Crippen molar-refractivity contribution in [1.82, 2.24) is 20.1 Å². The highest BCUT2D eigenvalue weighted by Gasteiger charge is 2.14. The molecule has 21 heavy (non-hydrogen) atoms. The summed E-state index contributed by atoms with van der Waals surface area (Å²) in [6, 6.07) is 4.79. The van der Waals surface area contributed by atoms with Crippen LogP contribution in [0, 0.1) is 0 Å². The van der Waals surface area contributed by atoms with Crippen molar-refractivity contribution >= 4 is 17.6 Å². The standard InChI is InChI=1S/C13H15N5O3/c1-3-15-12(19)8-4-5-9(14)10(6-8)18-7-16-11(17-18)13(20)21-2/h4-7H,3,14H2,1-2H3,(H,15,19). The van der Waals surface area contributed by atoms with Gasteiger partial charge >= 0.3 is 5.97 Å². The summed E-state index contributed by atoms with van der Waals surface area (Å²) in [4.78, 5) is 27.0. The molecule has 0 fully saturated rings. The Bertz CT molecular complexity index is 680. The fraction of sp³-hybridized carbons (Fsp3) is 0.231. The third kappa shape index (κ3) is 2.99. The largest absolute Gasteiger partial charge is 0.463 e. The summed E-state index contributed by atoms with van der Waals surface area (Å²) in [5, 5.41) is 6.67. The van der Waals surface area contributed by atoms with E-state index in [1.54, 1.807) is 18.2 Å². The highest BCUT2D eigenvalue weighted by Crippen LogP contribution is 2.18. The number of carbonyl (C=O) groups is 2. The molecule has 0 atom stereocenters. The van der Waals surface area contributed by atoms with Crippen LogP contribution in [0.2, 0.25) is 0 Å². The zero-order valence-electron chi connectivity index (χ0n) is 11.7. The number of amides is 1. The molecular formula is C13H15N5O3. The van der Waals surface area contributed by atoms with Crippen LogP contribution in [0.25, 0.3) is 5.69 Å². The third-order valence-corrected chi connectivity index (χ3v) is 2.74. The molecule has 1 aromatic carbocycles. The number of nitrogens with two attached hydrogens (primary N) is 1. The number of anilines is 1. The maximum Gasteiger partial charge on any atom is 0.377 e. The second-order valence-corrected chi connectivity index (χ2v) is 4.14. The van der Waals surface area contributed by atoms with Crippen molar-refractivity contribution in [2.45, 2.75) is 6.92 Å². The Morgan fingerprint density at radius 2 is 2.19 bits per heavy atom. The van der Waals surface area contributed by atoms with E-state index in [2.05, 4.69) is 20.1 Å². The lowest BCUT2D eigenvalue weighted by atomic mass is 10.1. The third-order valence-electron chi connectivity index (χ3n) is 2.74. The minimum absolute atomic E-state index is 0.0830. The molecule has 8 nitrogen and oxygen atoms in total. The lowest BCUT2D eigenvalue weighted by Crippen LogP contribution is -2.22. The number of carbonyl (C=O) groups excluding carboxylic acids is 2. The van der Waals surface area contributed by atoms with Gasteiger partial charge < -0.3 is 15.8 Å². The van der Waals surface area contributed by atoms with Crippen molar-refractivity contribution in [2.75, 3.05) is 19.4 Å². The normalized spacial score (nSPS) is 10.2. The SMILES string of the molecule is CCNC(=O)c1ccc(N)c(-n2cnc(C(=O)OC)n2)c1. The van der Waals surface area contributed by atoms with Gasteiger partial charge in [-0.2, -0.15) is 0 Å². The molecule has 0 aliphatic carbocycles. The topological polar surface area (TPSA) is 112 Å². The second-order valence-electron chi connectivity index (χ2n) is 4.14. The van der Waals surface area contributed by atoms with Crippen molar-refractivity contribution in [1.29, 1.82) is 0 Å². The molecule has 1 heterocycles. The molecule has 2 aromatic rings. The number of methoxy groups -OCH3 is 1. The average Bonchev–Trinajstić information content (AvgIpc) is 2.96. The van der Waals surface area contributed by atoms with E-state index in [9.17, 15) is 9.59 Å². The second kappa shape index (κ2) is 6.04. The Morgan fingerprint density at radius 1 is 1.43 bits per heavy atom. The first-order valence-corrected chi connectivity index (χ1v) is 6.25. The Hall–Kier alpha value is -2.90. The number of nitrogens with one attached hydrogen (secondary N) is 1. The number of benzene rings is 1. The van der Waals surface area contributed by atoms with Crippen LogP contribution in [0.1, 0.15) is 27.9 Å². The van der Waals surface area contributed by atoms with E-state index in [4.69, 9.17) is 5.73 Å². The number of esters is 1. The maximum absolute atomic E-state index is 11.8. The predicted octanol–water partition coefficient (Wildman–Crippen LogP) is 0.386. The van der Waals surface area contributed by atoms with E-state index in [1.165, 1.54) is 18.1 Å². The number of nitrogens with zero attached hydrogens (tertiary/aromatic N) is 3. The number of ether oxygens (including phenoxy) is 1. The molecule has 0 bridgehead atoms. The van der Waals surface area contributed by atoms with Crippen molar-refractivity contribution < 1.29 is 14.3 Å². The predicted molar refractivity (Wildman–Crippen MR) is 75.1 cm³/mol. The summed E-state index contributed by atoms with van der Waals surface area (Å²) in [6.45, 7) is 2.35. The van der Waals surface area contributed by atoms with Crippen LogP contribution in [-0.2, 0) is 4.74 Å². The van der Waals surface area contributed by atoms with Crippen molar-refractivity contribution in [3.8, 4) is 5.69 Å². The van der Waals surface area contributed by atoms with E-state index in [1.807, 2.05) is 6.92 Å². The van der Waals surface area contributed by atoms with Crippen LogP contribution in [0.3, 0.4) is 0 Å². The van der Waals surface area contributed by atoms with Crippen molar-refractivity contribution in [2.24, 2.45) is 0 Å². The number of rotatable bonds is 4. The smallest absolute Gasteiger partial charge is 0.377 e. The lowest BCUT2D eigenvalue weighted by Gasteiger charge is -2.08. The molecule has 0 aliphatic heterocycles. The molecule has 0 aliphatic rings. The Labute approximate surface area is 120 Å². The van der Waals surface area contributed by atoms with E-state index in [0.717, 1.165) is 0 Å². The van der Waals surface area contributed by atoms with Gasteiger partial charge in [-0.1, -0.05) is 0 Å². The molecule has 0 radical (unpaired) electrons. The first-order valence-electron chi connectivity index (χ1n) is 6.25. The van der Waals surface area contributed by atoms with Gasteiger partial charge in [0.15, 0.2) is 0 Å². The first kappa shape index (κ1) is 14.5. The number of nitrogen functional groups attached to an aromatic ring is 1. The van der Waals surface area contributed by atoms with Gasteiger partial charge in [0, 0.05) is 12.1 Å². The highest BCUT2D eigenvalue weighted by atomic mass is 16.5. The summed E-state index contributed by atoms with van der Waals surface area (Å²) >= 11 is 0. The van der Waals surface area contributed by atoms with E-state index >= 15 is 0 Å². The van der Waals surface area contributed by atoms with Gasteiger partial charge in [0.25, 0.3) is 11.7 Å². The number of hydrogen-bond donors (Lipinski definition) is 2. The summed E-state index contributed by atoms with van der Waals surface area (Å²) in [5.74, 6) is -0.945. The molecular weight excluding hydrogens is 274 g/mol. The summed E-state index contributed by atoms with van der Waals surface area (Å²) < 4.78 is 5.86. The van der Waals surface area contributed by atoms with Gasteiger partial charge in [-0.25, -0.2) is 14.5 Å². The monoisotopic (exact) mass is 289 g/mol. The minimum Gasteiger partial charge on any atom is -0.463 e. The van der Waals surface area contributed by atoms with Gasteiger partial charge in [0.05, 0.1) is 18.5 Å². The molecule has 2 rings (SSSR count). The molecule has 0 spiro atoms. The fourth-order valence-corrected chi connectivity index (χ4v) is 1.71. The van der Waals surface area contributed by atoms with Crippen molar-refractivity contribution in [3.05, 3.63) is 35.9 Å². The van der Waals surface area contributed by atoms with Crippen LogP contribution in [-0.4, -0.2) is 40.3 Å². The van der Waals surface area contributed by atoms with Crippen molar-refractivity contribution in [3.63, 3.8) is 0 Å².